The Bertz CT molecular complexity index is 530. The summed E-state index contributed by atoms with van der Waals surface area (Å²) in [5, 5.41) is 5.26. The first kappa shape index (κ1) is 17.1. The molecule has 0 unspecified atom stereocenters. The van der Waals surface area contributed by atoms with Gasteiger partial charge in [-0.25, -0.2) is 8.78 Å². The van der Waals surface area contributed by atoms with Gasteiger partial charge in [-0.3, -0.25) is 9.59 Å². The molecule has 0 saturated carbocycles. The van der Waals surface area contributed by atoms with E-state index in [1.807, 2.05) is 20.8 Å². The molecule has 0 heterocycles. The molecule has 0 radical (unpaired) electrons. The van der Waals surface area contributed by atoms with Crippen molar-refractivity contribution in [1.29, 1.82) is 0 Å². The van der Waals surface area contributed by atoms with Crippen LogP contribution >= 0.6 is 0 Å². The highest BCUT2D eigenvalue weighted by Crippen LogP contribution is 2.09. The van der Waals surface area contributed by atoms with E-state index < -0.39 is 17.5 Å². The maximum atomic E-state index is 13.4. The van der Waals surface area contributed by atoms with Gasteiger partial charge in [0.1, 0.15) is 11.6 Å². The van der Waals surface area contributed by atoms with Crippen LogP contribution in [0.4, 0.5) is 8.78 Å². The molecular weight excluding hydrogens is 278 g/mol. The van der Waals surface area contributed by atoms with Gasteiger partial charge in [-0.05, 0) is 32.4 Å². The Balaban J connectivity index is 2.45. The number of hydrogen-bond donors (Lipinski definition) is 2. The summed E-state index contributed by atoms with van der Waals surface area (Å²) in [5.74, 6) is -2.54. The molecular formula is C15H20F2N2O2. The summed E-state index contributed by atoms with van der Waals surface area (Å²) >= 11 is 0. The third-order valence-corrected chi connectivity index (χ3v) is 3.18. The molecule has 4 nitrogen and oxygen atoms in total. The van der Waals surface area contributed by atoms with Crippen molar-refractivity contribution in [3.63, 3.8) is 0 Å². The van der Waals surface area contributed by atoms with Crippen LogP contribution in [0.5, 0.6) is 0 Å². The average molecular weight is 298 g/mol. The second kappa shape index (κ2) is 7.15. The van der Waals surface area contributed by atoms with Gasteiger partial charge in [-0.15, -0.1) is 0 Å². The van der Waals surface area contributed by atoms with Crippen molar-refractivity contribution in [2.45, 2.75) is 39.2 Å². The van der Waals surface area contributed by atoms with Crippen molar-refractivity contribution < 1.29 is 18.4 Å². The Hall–Kier alpha value is -1.98. The van der Waals surface area contributed by atoms with Crippen LogP contribution in [-0.4, -0.2) is 23.9 Å². The first-order valence-corrected chi connectivity index (χ1v) is 6.79. The van der Waals surface area contributed by atoms with Gasteiger partial charge >= 0.3 is 0 Å². The van der Waals surface area contributed by atoms with Crippen LogP contribution in [0, 0.1) is 11.6 Å². The summed E-state index contributed by atoms with van der Waals surface area (Å²) in [6, 6.07) is 2.72. The van der Waals surface area contributed by atoms with Gasteiger partial charge in [0.2, 0.25) is 5.91 Å². The van der Waals surface area contributed by atoms with Crippen molar-refractivity contribution in [1.82, 2.24) is 10.6 Å². The number of carbonyl (C=O) groups excluding carboxylic acids is 2. The summed E-state index contributed by atoms with van der Waals surface area (Å²) in [6.07, 6.45) is 0.879. The number of benzene rings is 1. The topological polar surface area (TPSA) is 58.2 Å². The highest BCUT2D eigenvalue weighted by molar-refractivity contribution is 5.94. The van der Waals surface area contributed by atoms with E-state index in [2.05, 4.69) is 10.6 Å². The number of halogens is 2. The van der Waals surface area contributed by atoms with Gasteiger partial charge in [0.15, 0.2) is 0 Å². The number of rotatable bonds is 6. The van der Waals surface area contributed by atoms with Crippen LogP contribution in [0.2, 0.25) is 0 Å². The largest absolute Gasteiger partial charge is 0.351 e. The molecule has 1 rings (SSSR count). The van der Waals surface area contributed by atoms with E-state index >= 15 is 0 Å². The number of carbonyl (C=O) groups is 2. The fourth-order valence-corrected chi connectivity index (χ4v) is 1.59. The quantitative estimate of drug-likeness (QED) is 0.847. The molecule has 116 valence electrons. The summed E-state index contributed by atoms with van der Waals surface area (Å²) in [7, 11) is 0. The predicted octanol–water partition coefficient (Wildman–Crippen LogP) is 2.39. The predicted molar refractivity (Wildman–Crippen MR) is 75.8 cm³/mol. The Labute approximate surface area is 122 Å². The number of amides is 2. The molecule has 1 aromatic rings. The smallest absolute Gasteiger partial charge is 0.254 e. The normalized spacial score (nSPS) is 11.1. The van der Waals surface area contributed by atoms with Crippen LogP contribution in [0.25, 0.3) is 0 Å². The summed E-state index contributed by atoms with van der Waals surface area (Å²) in [5.41, 5.74) is -0.546. The van der Waals surface area contributed by atoms with E-state index in [4.69, 9.17) is 0 Å². The van der Waals surface area contributed by atoms with Gasteiger partial charge in [0.25, 0.3) is 5.91 Å². The van der Waals surface area contributed by atoms with Crippen LogP contribution in [0.1, 0.15) is 44.0 Å². The highest BCUT2D eigenvalue weighted by Gasteiger charge is 2.18. The Morgan fingerprint density at radius 3 is 2.48 bits per heavy atom. The molecule has 0 aliphatic carbocycles. The minimum atomic E-state index is -0.927. The van der Waals surface area contributed by atoms with Crippen molar-refractivity contribution in [3.8, 4) is 0 Å². The third-order valence-electron chi connectivity index (χ3n) is 3.18. The summed E-state index contributed by atoms with van der Waals surface area (Å²) in [6.45, 7) is 5.84. The maximum absolute atomic E-state index is 13.4. The number of nitrogens with one attached hydrogen (secondary N) is 2. The molecule has 6 heteroatoms. The zero-order valence-electron chi connectivity index (χ0n) is 12.4. The van der Waals surface area contributed by atoms with Crippen molar-refractivity contribution in [2.24, 2.45) is 0 Å². The van der Waals surface area contributed by atoms with Crippen LogP contribution in [0.15, 0.2) is 18.2 Å². The second-order valence-corrected chi connectivity index (χ2v) is 5.42. The maximum Gasteiger partial charge on any atom is 0.254 e. The lowest BCUT2D eigenvalue weighted by Gasteiger charge is -2.24. The Kier molecular flexibility index (Phi) is 5.81. The molecule has 0 aromatic heterocycles. The van der Waals surface area contributed by atoms with Gasteiger partial charge in [0, 0.05) is 24.6 Å². The van der Waals surface area contributed by atoms with Gasteiger partial charge in [-0.2, -0.15) is 0 Å². The molecule has 21 heavy (non-hydrogen) atoms. The lowest BCUT2D eigenvalue weighted by molar-refractivity contribution is -0.122. The second-order valence-electron chi connectivity index (χ2n) is 5.42. The molecule has 0 atom stereocenters. The van der Waals surface area contributed by atoms with Crippen LogP contribution < -0.4 is 10.6 Å². The van der Waals surface area contributed by atoms with Crippen molar-refractivity contribution in [2.75, 3.05) is 6.54 Å². The van der Waals surface area contributed by atoms with Crippen molar-refractivity contribution in [3.05, 3.63) is 35.4 Å². The molecule has 2 amide bonds. The van der Waals surface area contributed by atoms with Crippen molar-refractivity contribution >= 4 is 11.8 Å². The van der Waals surface area contributed by atoms with Gasteiger partial charge < -0.3 is 10.6 Å². The molecule has 0 aliphatic rings. The molecule has 0 bridgehead atoms. The first-order chi connectivity index (χ1) is 9.75. The number of hydrogen-bond acceptors (Lipinski definition) is 2. The Morgan fingerprint density at radius 2 is 1.90 bits per heavy atom. The van der Waals surface area contributed by atoms with E-state index in [0.29, 0.717) is 6.07 Å². The molecule has 0 saturated heterocycles. The monoisotopic (exact) mass is 298 g/mol. The van der Waals surface area contributed by atoms with Crippen LogP contribution in [-0.2, 0) is 4.79 Å². The average Bonchev–Trinajstić information content (AvgIpc) is 2.37. The zero-order chi connectivity index (χ0) is 16.0. The fourth-order valence-electron chi connectivity index (χ4n) is 1.59. The third kappa shape index (κ3) is 5.49. The Morgan fingerprint density at radius 1 is 1.24 bits per heavy atom. The lowest BCUT2D eigenvalue weighted by atomic mass is 10.0. The van der Waals surface area contributed by atoms with E-state index in [9.17, 15) is 18.4 Å². The van der Waals surface area contributed by atoms with E-state index in [1.165, 1.54) is 0 Å². The standard InChI is InChI=1S/C15H20F2N2O2/c1-4-15(2,3)19-13(20)7-8-18-14(21)11-6-5-10(16)9-12(11)17/h5-6,9H,4,7-8H2,1-3H3,(H,18,21)(H,19,20). The van der Waals surface area contributed by atoms with E-state index in [-0.39, 0.29) is 30.0 Å². The van der Waals surface area contributed by atoms with E-state index in [0.717, 1.165) is 18.6 Å². The highest BCUT2D eigenvalue weighted by atomic mass is 19.1. The minimum Gasteiger partial charge on any atom is -0.351 e. The molecule has 2 N–H and O–H groups in total. The van der Waals surface area contributed by atoms with Gasteiger partial charge in [0.05, 0.1) is 5.56 Å². The molecule has 0 aliphatic heterocycles. The summed E-state index contributed by atoms with van der Waals surface area (Å²) in [4.78, 5) is 23.4. The van der Waals surface area contributed by atoms with E-state index in [1.54, 1.807) is 0 Å². The summed E-state index contributed by atoms with van der Waals surface area (Å²) < 4.78 is 26.1. The minimum absolute atomic E-state index is 0.0846. The zero-order valence-corrected chi connectivity index (χ0v) is 12.4. The SMILES string of the molecule is CCC(C)(C)NC(=O)CCNC(=O)c1ccc(F)cc1F. The van der Waals surface area contributed by atoms with Crippen LogP contribution in [0.3, 0.4) is 0 Å². The molecule has 0 fully saturated rings. The first-order valence-electron chi connectivity index (χ1n) is 6.79. The fraction of sp³-hybridized carbons (Fsp3) is 0.467. The molecule has 1 aromatic carbocycles. The lowest BCUT2D eigenvalue weighted by Crippen LogP contribution is -2.43. The molecule has 0 spiro atoms. The van der Waals surface area contributed by atoms with Gasteiger partial charge in [-0.1, -0.05) is 6.92 Å².